The van der Waals surface area contributed by atoms with E-state index in [1.807, 2.05) is 11.5 Å². The van der Waals surface area contributed by atoms with Crippen molar-refractivity contribution in [2.45, 2.75) is 25.8 Å². The summed E-state index contributed by atoms with van der Waals surface area (Å²) in [5.41, 5.74) is 1.06. The maximum atomic E-state index is 14.8. The Morgan fingerprint density at radius 2 is 2.12 bits per heavy atom. The van der Waals surface area contributed by atoms with Gasteiger partial charge in [-0.3, -0.25) is 18.9 Å². The first-order valence-corrected chi connectivity index (χ1v) is 9.05. The monoisotopic (exact) mass is 368 g/mol. The van der Waals surface area contributed by atoms with E-state index in [1.54, 1.807) is 18.3 Å². The quantitative estimate of drug-likeness (QED) is 0.589. The van der Waals surface area contributed by atoms with Gasteiger partial charge in [0, 0.05) is 23.5 Å². The normalized spacial score (nSPS) is 14.4. The Labute approximate surface area is 150 Å². The van der Waals surface area contributed by atoms with Crippen molar-refractivity contribution in [2.75, 3.05) is 0 Å². The van der Waals surface area contributed by atoms with Crippen LogP contribution < -0.4 is 11.0 Å². The van der Waals surface area contributed by atoms with Crippen LogP contribution in [0, 0.1) is 12.7 Å². The second-order valence-electron chi connectivity index (χ2n) is 6.52. The largest absolute Gasteiger partial charge is 0.312 e. The third kappa shape index (κ3) is 2.15. The van der Waals surface area contributed by atoms with Gasteiger partial charge < -0.3 is 4.57 Å². The van der Waals surface area contributed by atoms with Crippen molar-refractivity contribution in [1.29, 1.82) is 0 Å². The fourth-order valence-electron chi connectivity index (χ4n) is 3.29. The van der Waals surface area contributed by atoms with Crippen LogP contribution in [0.1, 0.15) is 24.6 Å². The molecule has 0 unspecified atom stereocenters. The van der Waals surface area contributed by atoms with Crippen LogP contribution in [0.4, 0.5) is 4.39 Å². The van der Waals surface area contributed by atoms with Crippen molar-refractivity contribution in [3.8, 4) is 11.3 Å². The lowest BCUT2D eigenvalue weighted by Gasteiger charge is -2.12. The number of pyridine rings is 3. The van der Waals surface area contributed by atoms with Gasteiger partial charge in [0.2, 0.25) is 5.43 Å². The molecule has 8 heteroatoms. The molecule has 0 radical (unpaired) electrons. The van der Waals surface area contributed by atoms with E-state index < -0.39 is 16.8 Å². The smallest absolute Gasteiger partial charge is 0.271 e. The maximum Gasteiger partial charge on any atom is 0.271 e. The molecule has 4 aromatic heterocycles. The minimum Gasteiger partial charge on any atom is -0.312 e. The summed E-state index contributed by atoms with van der Waals surface area (Å²) >= 11 is 1.13. The molecule has 130 valence electrons. The van der Waals surface area contributed by atoms with Gasteiger partial charge >= 0.3 is 0 Å². The zero-order valence-electron chi connectivity index (χ0n) is 13.7. The van der Waals surface area contributed by atoms with Crippen molar-refractivity contribution in [3.05, 3.63) is 56.5 Å². The molecule has 0 amide bonds. The van der Waals surface area contributed by atoms with E-state index in [1.165, 1.54) is 6.07 Å². The molecule has 0 saturated heterocycles. The molecule has 0 aromatic carbocycles. The predicted octanol–water partition coefficient (Wildman–Crippen LogP) is 3.14. The molecule has 1 aliphatic rings. The first kappa shape index (κ1) is 15.4. The second-order valence-corrected chi connectivity index (χ2v) is 7.31. The number of nitrogens with zero attached hydrogens (tertiary/aromatic N) is 3. The maximum absolute atomic E-state index is 14.8. The highest BCUT2D eigenvalue weighted by Gasteiger charge is 2.30. The van der Waals surface area contributed by atoms with Gasteiger partial charge in [0.05, 0.1) is 5.39 Å². The van der Waals surface area contributed by atoms with Crippen LogP contribution in [0.15, 0.2) is 34.0 Å². The molecular formula is C18H13FN4O2S. The summed E-state index contributed by atoms with van der Waals surface area (Å²) in [6.45, 7) is 1.82. The zero-order chi connectivity index (χ0) is 18.0. The minimum atomic E-state index is -0.589. The van der Waals surface area contributed by atoms with Gasteiger partial charge in [0.15, 0.2) is 0 Å². The summed E-state index contributed by atoms with van der Waals surface area (Å²) in [6.07, 6.45) is 3.49. The summed E-state index contributed by atoms with van der Waals surface area (Å²) in [5.74, 6) is -0.589. The number of aryl methyl sites for hydroxylation is 1. The lowest BCUT2D eigenvalue weighted by Crippen LogP contribution is -2.16. The number of rotatable bonds is 2. The van der Waals surface area contributed by atoms with Crippen LogP contribution in [0.5, 0.6) is 0 Å². The Bertz CT molecular complexity index is 1320. The lowest BCUT2D eigenvalue weighted by atomic mass is 10.1. The average molecular weight is 368 g/mol. The molecule has 1 N–H and O–H groups in total. The van der Waals surface area contributed by atoms with Crippen molar-refractivity contribution in [3.63, 3.8) is 0 Å². The third-order valence-electron chi connectivity index (χ3n) is 4.64. The van der Waals surface area contributed by atoms with Crippen LogP contribution in [0.3, 0.4) is 0 Å². The van der Waals surface area contributed by atoms with E-state index in [9.17, 15) is 14.0 Å². The molecule has 5 rings (SSSR count). The van der Waals surface area contributed by atoms with E-state index in [4.69, 9.17) is 0 Å². The molecule has 0 aliphatic heterocycles. The highest BCUT2D eigenvalue weighted by Crippen LogP contribution is 2.39. The van der Waals surface area contributed by atoms with Gasteiger partial charge in [-0.1, -0.05) is 0 Å². The van der Waals surface area contributed by atoms with Crippen LogP contribution >= 0.6 is 11.5 Å². The first-order chi connectivity index (χ1) is 12.5. The van der Waals surface area contributed by atoms with Crippen LogP contribution in [0.2, 0.25) is 0 Å². The summed E-state index contributed by atoms with van der Waals surface area (Å²) in [7, 11) is 0. The first-order valence-electron chi connectivity index (χ1n) is 8.23. The molecule has 1 aliphatic carbocycles. The van der Waals surface area contributed by atoms with E-state index >= 15 is 0 Å². The molecule has 4 heterocycles. The van der Waals surface area contributed by atoms with Gasteiger partial charge in [0.25, 0.3) is 5.56 Å². The van der Waals surface area contributed by atoms with Gasteiger partial charge in [-0.15, -0.1) is 0 Å². The molecule has 0 atom stereocenters. The van der Waals surface area contributed by atoms with Gasteiger partial charge in [-0.2, -0.15) is 0 Å². The molecule has 1 saturated carbocycles. The standard InChI is InChI=1S/C18H13FN4O2S/c1-8-6-9(4-5-20-8)14-12(19)7-11-15(24)13-17(25)22-26-18(13)23(10-2-3-10)16(11)21-14/h4-7,10H,2-3H2,1H3,(H,22,25). The number of hydrogen-bond acceptors (Lipinski definition) is 5. The SMILES string of the molecule is Cc1cc(-c2nc3c(cc2F)c(=O)c2c(=O)[nH]sc2n3C2CC2)ccn1. The fourth-order valence-corrected chi connectivity index (χ4v) is 4.20. The second kappa shape index (κ2) is 5.31. The topological polar surface area (TPSA) is 80.6 Å². The van der Waals surface area contributed by atoms with Crippen molar-refractivity contribution in [2.24, 2.45) is 0 Å². The van der Waals surface area contributed by atoms with E-state index in [0.29, 0.717) is 16.0 Å². The number of aromatic nitrogens is 4. The molecule has 0 bridgehead atoms. The average Bonchev–Trinajstić information content (AvgIpc) is 3.38. The summed E-state index contributed by atoms with van der Waals surface area (Å²) in [5, 5.41) is 0.225. The summed E-state index contributed by atoms with van der Waals surface area (Å²) in [6, 6.07) is 4.82. The molecule has 0 spiro atoms. The highest BCUT2D eigenvalue weighted by molar-refractivity contribution is 7.12. The zero-order valence-corrected chi connectivity index (χ0v) is 14.6. The number of halogens is 1. The third-order valence-corrected chi connectivity index (χ3v) is 5.52. The Kier molecular flexibility index (Phi) is 3.14. The Morgan fingerprint density at radius 3 is 2.85 bits per heavy atom. The Morgan fingerprint density at radius 1 is 1.31 bits per heavy atom. The van der Waals surface area contributed by atoms with E-state index in [0.717, 1.165) is 30.1 Å². The lowest BCUT2D eigenvalue weighted by molar-refractivity contribution is 0.627. The van der Waals surface area contributed by atoms with Crippen molar-refractivity contribution < 1.29 is 4.39 Å². The Hall–Kier alpha value is -2.87. The minimum absolute atomic E-state index is 0.0862. The van der Waals surface area contributed by atoms with Crippen LogP contribution in [-0.4, -0.2) is 18.9 Å². The molecule has 1 fully saturated rings. The summed E-state index contributed by atoms with van der Waals surface area (Å²) in [4.78, 5) is 34.1. The van der Waals surface area contributed by atoms with Gasteiger partial charge in [-0.25, -0.2) is 9.37 Å². The van der Waals surface area contributed by atoms with Gasteiger partial charge in [0.1, 0.15) is 27.4 Å². The van der Waals surface area contributed by atoms with Crippen LogP contribution in [-0.2, 0) is 0 Å². The predicted molar refractivity (Wildman–Crippen MR) is 98.2 cm³/mol. The van der Waals surface area contributed by atoms with Crippen molar-refractivity contribution >= 4 is 32.8 Å². The van der Waals surface area contributed by atoms with E-state index in [-0.39, 0.29) is 22.5 Å². The van der Waals surface area contributed by atoms with Crippen LogP contribution in [0.25, 0.3) is 32.5 Å². The number of nitrogens with one attached hydrogen (secondary N) is 1. The molecule has 6 nitrogen and oxygen atoms in total. The van der Waals surface area contributed by atoms with Crippen molar-refractivity contribution in [1.82, 2.24) is 18.9 Å². The summed E-state index contributed by atoms with van der Waals surface area (Å²) < 4.78 is 19.3. The van der Waals surface area contributed by atoms with E-state index in [2.05, 4.69) is 14.3 Å². The number of fused-ring (bicyclic) bond motifs is 2. The highest BCUT2D eigenvalue weighted by atomic mass is 32.1. The molecular weight excluding hydrogens is 355 g/mol. The Balaban J connectivity index is 1.94. The number of H-pyrrole nitrogens is 1. The van der Waals surface area contributed by atoms with Gasteiger partial charge in [-0.05, 0) is 49.5 Å². The number of aromatic amines is 1. The molecule has 26 heavy (non-hydrogen) atoms. The fraction of sp³-hybridized carbons (Fsp3) is 0.222. The molecule has 4 aromatic rings. The number of hydrogen-bond donors (Lipinski definition) is 1.